The van der Waals surface area contributed by atoms with Crippen LogP contribution in [0, 0.1) is 11.3 Å². The Morgan fingerprint density at radius 2 is 1.92 bits per heavy atom. The van der Waals surface area contributed by atoms with E-state index in [1.807, 2.05) is 6.07 Å². The maximum Gasteiger partial charge on any atom is 0.407 e. The van der Waals surface area contributed by atoms with Gasteiger partial charge in [-0.05, 0) is 53.7 Å². The highest BCUT2D eigenvalue weighted by molar-refractivity contribution is 6.00. The van der Waals surface area contributed by atoms with E-state index in [4.69, 9.17) is 20.0 Å². The average molecular weight is 501 g/mol. The van der Waals surface area contributed by atoms with Gasteiger partial charge in [-0.25, -0.2) is 15.3 Å². The fourth-order valence-corrected chi connectivity index (χ4v) is 2.72. The lowest BCUT2D eigenvalue weighted by molar-refractivity contribution is -0.0523. The monoisotopic (exact) mass is 500 g/mol. The molecule has 12 heteroatoms. The third kappa shape index (κ3) is 9.01. The second-order valence-corrected chi connectivity index (χ2v) is 9.65. The number of carbonyl (C=O) groups excluding carboxylic acids is 2. The van der Waals surface area contributed by atoms with E-state index in [0.717, 1.165) is 0 Å². The minimum Gasteiger partial charge on any atom is -0.472 e. The first-order valence-electron chi connectivity index (χ1n) is 11.1. The van der Waals surface area contributed by atoms with Gasteiger partial charge in [0.25, 0.3) is 5.91 Å². The molecule has 1 aromatic heterocycles. The molecular weight excluding hydrogens is 468 g/mol. The van der Waals surface area contributed by atoms with Crippen LogP contribution in [0.3, 0.4) is 0 Å². The molecule has 0 aliphatic heterocycles. The molecule has 5 N–H and O–H groups in total. The molecule has 1 atom stereocenters. The molecule has 0 aliphatic rings. The molecule has 194 valence electrons. The van der Waals surface area contributed by atoms with E-state index in [9.17, 15) is 20.0 Å². The van der Waals surface area contributed by atoms with Crippen molar-refractivity contribution in [1.82, 2.24) is 20.8 Å². The fourth-order valence-electron chi connectivity index (χ4n) is 2.72. The van der Waals surface area contributed by atoms with Gasteiger partial charge in [-0.1, -0.05) is 12.1 Å². The molecule has 0 saturated heterocycles. The van der Waals surface area contributed by atoms with Crippen LogP contribution in [0.25, 0.3) is 11.4 Å². The lowest BCUT2D eigenvalue weighted by atomic mass is 10.1. The SMILES string of the molecule is CC(CNC(=O)OC(C)(C)C)Oc1nc(-c2cccc(C#N)c2)nc(N)c1C(=O)NOCC(C)(C)O. The van der Waals surface area contributed by atoms with Crippen LogP contribution in [-0.4, -0.2) is 57.5 Å². The maximum atomic E-state index is 12.8. The van der Waals surface area contributed by atoms with Gasteiger partial charge in [0.05, 0.1) is 23.8 Å². The summed E-state index contributed by atoms with van der Waals surface area (Å²) in [4.78, 5) is 38.4. The van der Waals surface area contributed by atoms with E-state index < -0.39 is 29.3 Å². The van der Waals surface area contributed by atoms with Gasteiger partial charge in [0.15, 0.2) is 5.82 Å². The van der Waals surface area contributed by atoms with Gasteiger partial charge in [-0.15, -0.1) is 0 Å². The van der Waals surface area contributed by atoms with E-state index in [1.165, 1.54) is 13.8 Å². The number of ether oxygens (including phenoxy) is 2. The van der Waals surface area contributed by atoms with Crippen molar-refractivity contribution < 1.29 is 29.0 Å². The predicted octanol–water partition coefficient (Wildman–Crippen LogP) is 2.32. The summed E-state index contributed by atoms with van der Waals surface area (Å²) in [6.07, 6.45) is -1.29. The molecule has 2 rings (SSSR count). The number of carbonyl (C=O) groups is 2. The van der Waals surface area contributed by atoms with Crippen molar-refractivity contribution in [3.63, 3.8) is 0 Å². The highest BCUT2D eigenvalue weighted by Gasteiger charge is 2.25. The minimum atomic E-state index is -1.19. The van der Waals surface area contributed by atoms with Gasteiger partial charge in [-0.2, -0.15) is 10.2 Å². The molecule has 1 heterocycles. The number of amides is 2. The Morgan fingerprint density at radius 1 is 1.22 bits per heavy atom. The average Bonchev–Trinajstić information content (AvgIpc) is 2.75. The summed E-state index contributed by atoms with van der Waals surface area (Å²) in [6, 6.07) is 8.56. The van der Waals surface area contributed by atoms with Crippen LogP contribution in [0.2, 0.25) is 0 Å². The summed E-state index contributed by atoms with van der Waals surface area (Å²) in [5.74, 6) is -1.03. The van der Waals surface area contributed by atoms with E-state index in [-0.39, 0.29) is 36.2 Å². The molecule has 1 aromatic carbocycles. The van der Waals surface area contributed by atoms with Crippen LogP contribution >= 0.6 is 0 Å². The Bertz CT molecular complexity index is 1130. The van der Waals surface area contributed by atoms with Gasteiger partial charge in [0.2, 0.25) is 5.88 Å². The molecule has 0 saturated carbocycles. The summed E-state index contributed by atoms with van der Waals surface area (Å²) in [5, 5.41) is 21.6. The number of alkyl carbamates (subject to hydrolysis) is 1. The van der Waals surface area contributed by atoms with Crippen LogP contribution in [0.4, 0.5) is 10.6 Å². The Labute approximate surface area is 209 Å². The number of rotatable bonds is 9. The lowest BCUT2D eigenvalue weighted by Gasteiger charge is -2.22. The second kappa shape index (κ2) is 11.7. The van der Waals surface area contributed by atoms with Crippen LogP contribution in [-0.2, 0) is 9.57 Å². The van der Waals surface area contributed by atoms with Gasteiger partial charge >= 0.3 is 6.09 Å². The summed E-state index contributed by atoms with van der Waals surface area (Å²) in [5.41, 5.74) is 7.10. The van der Waals surface area contributed by atoms with E-state index in [0.29, 0.717) is 11.1 Å². The Hall–Kier alpha value is -3.95. The first kappa shape index (κ1) is 28.3. The first-order chi connectivity index (χ1) is 16.7. The smallest absolute Gasteiger partial charge is 0.407 e. The van der Waals surface area contributed by atoms with Crippen LogP contribution in [0.5, 0.6) is 5.88 Å². The van der Waals surface area contributed by atoms with E-state index >= 15 is 0 Å². The number of hydrogen-bond donors (Lipinski definition) is 4. The zero-order valence-electron chi connectivity index (χ0n) is 21.2. The topological polar surface area (TPSA) is 182 Å². The third-order valence-corrected chi connectivity index (χ3v) is 4.22. The molecule has 12 nitrogen and oxygen atoms in total. The molecule has 0 fully saturated rings. The molecular formula is C24H32N6O6. The van der Waals surface area contributed by atoms with Crippen molar-refractivity contribution in [2.45, 2.75) is 58.8 Å². The first-order valence-corrected chi connectivity index (χ1v) is 11.1. The number of hydrogen-bond acceptors (Lipinski definition) is 10. The largest absolute Gasteiger partial charge is 0.472 e. The zero-order chi connectivity index (χ0) is 27.1. The summed E-state index contributed by atoms with van der Waals surface area (Å²) >= 11 is 0. The number of nitrogens with two attached hydrogens (primary N) is 1. The number of nitrogen functional groups attached to an aromatic ring is 1. The summed E-state index contributed by atoms with van der Waals surface area (Å²) in [7, 11) is 0. The number of anilines is 1. The number of nitriles is 1. The van der Waals surface area contributed by atoms with Crippen LogP contribution < -0.4 is 21.3 Å². The van der Waals surface area contributed by atoms with Gasteiger partial charge in [0.1, 0.15) is 29.7 Å². The minimum absolute atomic E-state index is 0.0360. The molecule has 0 aliphatic carbocycles. The van der Waals surface area contributed by atoms with Gasteiger partial charge in [-0.3, -0.25) is 9.63 Å². The second-order valence-electron chi connectivity index (χ2n) is 9.65. The van der Waals surface area contributed by atoms with Crippen LogP contribution in [0.1, 0.15) is 57.5 Å². The summed E-state index contributed by atoms with van der Waals surface area (Å²) in [6.45, 7) is 9.73. The highest BCUT2D eigenvalue weighted by Crippen LogP contribution is 2.27. The number of hydroxylamine groups is 1. The predicted molar refractivity (Wildman–Crippen MR) is 131 cm³/mol. The quantitative estimate of drug-likeness (QED) is 0.373. The van der Waals surface area contributed by atoms with Crippen molar-refractivity contribution in [3.8, 4) is 23.3 Å². The van der Waals surface area contributed by atoms with Crippen molar-refractivity contribution in [2.24, 2.45) is 0 Å². The molecule has 0 radical (unpaired) electrons. The molecule has 2 amide bonds. The zero-order valence-corrected chi connectivity index (χ0v) is 21.2. The molecule has 36 heavy (non-hydrogen) atoms. The molecule has 0 spiro atoms. The number of nitrogens with zero attached hydrogens (tertiary/aromatic N) is 3. The number of aromatic nitrogens is 2. The number of nitrogens with one attached hydrogen (secondary N) is 2. The standard InChI is InChI=1S/C24H32N6O6/c1-14(12-27-22(32)36-23(2,3)4)35-21-17(20(31)30-34-13-24(5,6)33)18(26)28-19(29-21)16-9-7-8-15(10-16)11-25/h7-10,14,33H,12-13H2,1-6H3,(H,27,32)(H,30,31)(H2,26,28,29). The van der Waals surface area contributed by atoms with Crippen LogP contribution in [0.15, 0.2) is 24.3 Å². The van der Waals surface area contributed by atoms with Crippen molar-refractivity contribution in [1.29, 1.82) is 5.26 Å². The van der Waals surface area contributed by atoms with E-state index in [2.05, 4.69) is 20.8 Å². The molecule has 0 bridgehead atoms. The van der Waals surface area contributed by atoms with Crippen molar-refractivity contribution >= 4 is 17.8 Å². The highest BCUT2D eigenvalue weighted by atomic mass is 16.7. The fraction of sp³-hybridized carbons (Fsp3) is 0.458. The lowest BCUT2D eigenvalue weighted by Crippen LogP contribution is -2.38. The van der Waals surface area contributed by atoms with Gasteiger partial charge < -0.3 is 25.6 Å². The van der Waals surface area contributed by atoms with E-state index in [1.54, 1.807) is 52.0 Å². The Morgan fingerprint density at radius 3 is 2.53 bits per heavy atom. The maximum absolute atomic E-state index is 12.8. The Balaban J connectivity index is 2.33. The molecule has 2 aromatic rings. The Kier molecular flexibility index (Phi) is 9.16. The van der Waals surface area contributed by atoms with Crippen molar-refractivity contribution in [3.05, 3.63) is 35.4 Å². The number of benzene rings is 1. The summed E-state index contributed by atoms with van der Waals surface area (Å²) < 4.78 is 11.1. The number of aliphatic hydroxyl groups is 1. The van der Waals surface area contributed by atoms with Crippen molar-refractivity contribution in [2.75, 3.05) is 18.9 Å². The third-order valence-electron chi connectivity index (χ3n) is 4.22. The van der Waals surface area contributed by atoms with Gasteiger partial charge in [0, 0.05) is 5.56 Å². The normalized spacial score (nSPS) is 12.3. The molecule has 1 unspecified atom stereocenters.